The molecule has 3 nitrogen and oxygen atoms in total. The summed E-state index contributed by atoms with van der Waals surface area (Å²) in [6, 6.07) is 8.80. The van der Waals surface area contributed by atoms with Gasteiger partial charge in [-0.1, -0.05) is 12.1 Å². The fraction of sp³-hybridized carbons (Fsp3) is 0.222. The monoisotopic (exact) mass is 162 g/mol. The van der Waals surface area contributed by atoms with E-state index in [2.05, 4.69) is 0 Å². The molecule has 0 aliphatic heterocycles. The molecule has 1 aromatic rings. The lowest BCUT2D eigenvalue weighted by atomic mass is 10.1. The Morgan fingerprint density at radius 2 is 2.33 bits per heavy atom. The van der Waals surface area contributed by atoms with Gasteiger partial charge >= 0.3 is 0 Å². The summed E-state index contributed by atoms with van der Waals surface area (Å²) in [5.74, 6) is 0. The van der Waals surface area contributed by atoms with Gasteiger partial charge in [0.25, 0.3) is 0 Å². The van der Waals surface area contributed by atoms with Crippen LogP contribution >= 0.6 is 0 Å². The normalized spacial score (nSPS) is 12.1. The summed E-state index contributed by atoms with van der Waals surface area (Å²) in [6.07, 6.45) is -0.668. The van der Waals surface area contributed by atoms with Crippen molar-refractivity contribution in [3.63, 3.8) is 0 Å². The van der Waals surface area contributed by atoms with Crippen molar-refractivity contribution in [2.75, 3.05) is 6.54 Å². The molecule has 0 spiro atoms. The number of hydrogen-bond donors (Lipinski definition) is 2. The topological polar surface area (TPSA) is 70.0 Å². The van der Waals surface area contributed by atoms with E-state index in [9.17, 15) is 5.11 Å². The molecular formula is C9H10N2O. The number of rotatable bonds is 2. The molecule has 0 saturated heterocycles. The Balaban J connectivity index is 2.95. The lowest BCUT2D eigenvalue weighted by molar-refractivity contribution is 0.186. The third-order valence-corrected chi connectivity index (χ3v) is 1.62. The second-order valence-electron chi connectivity index (χ2n) is 2.49. The highest BCUT2D eigenvalue weighted by atomic mass is 16.3. The fourth-order valence-corrected chi connectivity index (χ4v) is 0.952. The van der Waals surface area contributed by atoms with Crippen molar-refractivity contribution in [1.29, 1.82) is 5.26 Å². The molecule has 12 heavy (non-hydrogen) atoms. The molecule has 62 valence electrons. The molecule has 3 N–H and O–H groups in total. The van der Waals surface area contributed by atoms with Gasteiger partial charge in [-0.2, -0.15) is 5.26 Å². The predicted molar refractivity (Wildman–Crippen MR) is 45.2 cm³/mol. The van der Waals surface area contributed by atoms with Crippen molar-refractivity contribution in [2.45, 2.75) is 6.10 Å². The molecular weight excluding hydrogens is 152 g/mol. The predicted octanol–water partition coefficient (Wildman–Crippen LogP) is 0.550. The van der Waals surface area contributed by atoms with Crippen LogP contribution in [0.3, 0.4) is 0 Å². The lowest BCUT2D eigenvalue weighted by Crippen LogP contribution is -2.11. The maximum atomic E-state index is 9.31. The van der Waals surface area contributed by atoms with E-state index in [0.29, 0.717) is 11.1 Å². The van der Waals surface area contributed by atoms with E-state index < -0.39 is 6.10 Å². The molecule has 0 heterocycles. The summed E-state index contributed by atoms with van der Waals surface area (Å²) in [5.41, 5.74) is 6.50. The van der Waals surface area contributed by atoms with Gasteiger partial charge in [0.2, 0.25) is 0 Å². The minimum absolute atomic E-state index is 0.175. The highest BCUT2D eigenvalue weighted by molar-refractivity contribution is 5.33. The minimum Gasteiger partial charge on any atom is -0.387 e. The van der Waals surface area contributed by atoms with Crippen LogP contribution in [-0.4, -0.2) is 11.7 Å². The first-order valence-corrected chi connectivity index (χ1v) is 3.66. The van der Waals surface area contributed by atoms with Crippen LogP contribution in [0.2, 0.25) is 0 Å². The molecule has 1 rings (SSSR count). The van der Waals surface area contributed by atoms with E-state index in [4.69, 9.17) is 11.0 Å². The average molecular weight is 162 g/mol. The number of nitriles is 1. The Morgan fingerprint density at radius 3 is 2.92 bits per heavy atom. The standard InChI is InChI=1S/C9H10N2O/c10-5-7-2-1-3-8(4-7)9(12)6-11/h1-4,9,12H,6,11H2/t9-/m1/s1. The molecule has 0 bridgehead atoms. The molecule has 0 fully saturated rings. The Labute approximate surface area is 71.1 Å². The molecule has 0 aliphatic carbocycles. The van der Waals surface area contributed by atoms with Crippen molar-refractivity contribution in [3.05, 3.63) is 35.4 Å². The van der Waals surface area contributed by atoms with Crippen LogP contribution in [0.15, 0.2) is 24.3 Å². The van der Waals surface area contributed by atoms with E-state index >= 15 is 0 Å². The maximum absolute atomic E-state index is 9.31. The summed E-state index contributed by atoms with van der Waals surface area (Å²) in [5, 5.41) is 17.9. The number of nitrogens with zero attached hydrogens (tertiary/aromatic N) is 1. The van der Waals surface area contributed by atoms with Crippen LogP contribution in [-0.2, 0) is 0 Å². The average Bonchev–Trinajstić information content (AvgIpc) is 2.17. The van der Waals surface area contributed by atoms with E-state index in [-0.39, 0.29) is 6.54 Å². The first-order valence-electron chi connectivity index (χ1n) is 3.66. The largest absolute Gasteiger partial charge is 0.387 e. The molecule has 0 aliphatic rings. The number of aliphatic hydroxyl groups excluding tert-OH is 1. The highest BCUT2D eigenvalue weighted by Crippen LogP contribution is 2.12. The van der Waals surface area contributed by atoms with Crippen molar-refractivity contribution >= 4 is 0 Å². The van der Waals surface area contributed by atoms with E-state index in [1.165, 1.54) is 0 Å². The number of hydrogen-bond acceptors (Lipinski definition) is 3. The fourth-order valence-electron chi connectivity index (χ4n) is 0.952. The van der Waals surface area contributed by atoms with Gasteiger partial charge in [-0.05, 0) is 17.7 Å². The zero-order chi connectivity index (χ0) is 8.97. The molecule has 1 aromatic carbocycles. The Bertz CT molecular complexity index is 304. The van der Waals surface area contributed by atoms with Gasteiger partial charge in [0.15, 0.2) is 0 Å². The van der Waals surface area contributed by atoms with Crippen molar-refractivity contribution < 1.29 is 5.11 Å². The van der Waals surface area contributed by atoms with Crippen LogP contribution in [0.25, 0.3) is 0 Å². The molecule has 0 saturated carbocycles. The molecule has 3 heteroatoms. The SMILES string of the molecule is N#Cc1cccc([C@H](O)CN)c1. The lowest BCUT2D eigenvalue weighted by Gasteiger charge is -2.06. The smallest absolute Gasteiger partial charge is 0.0991 e. The molecule has 1 atom stereocenters. The first kappa shape index (κ1) is 8.72. The van der Waals surface area contributed by atoms with Gasteiger partial charge in [-0.15, -0.1) is 0 Å². The number of benzene rings is 1. The third-order valence-electron chi connectivity index (χ3n) is 1.62. The quantitative estimate of drug-likeness (QED) is 0.667. The Hall–Kier alpha value is -1.37. The van der Waals surface area contributed by atoms with Gasteiger partial charge in [0, 0.05) is 6.54 Å². The third kappa shape index (κ3) is 1.82. The van der Waals surface area contributed by atoms with E-state index in [1.54, 1.807) is 24.3 Å². The molecule has 0 unspecified atom stereocenters. The Kier molecular flexibility index (Phi) is 2.81. The first-order chi connectivity index (χ1) is 5.77. The van der Waals surface area contributed by atoms with Crippen LogP contribution in [0.5, 0.6) is 0 Å². The van der Waals surface area contributed by atoms with Gasteiger partial charge in [-0.25, -0.2) is 0 Å². The highest BCUT2D eigenvalue weighted by Gasteiger charge is 2.04. The maximum Gasteiger partial charge on any atom is 0.0991 e. The van der Waals surface area contributed by atoms with Crippen molar-refractivity contribution in [2.24, 2.45) is 5.73 Å². The number of aliphatic hydroxyl groups is 1. The summed E-state index contributed by atoms with van der Waals surface area (Å²) in [7, 11) is 0. The van der Waals surface area contributed by atoms with Gasteiger partial charge in [0.1, 0.15) is 0 Å². The zero-order valence-electron chi connectivity index (χ0n) is 6.57. The van der Waals surface area contributed by atoms with Crippen LogP contribution < -0.4 is 5.73 Å². The van der Waals surface area contributed by atoms with E-state index in [0.717, 1.165) is 0 Å². The molecule has 0 aromatic heterocycles. The van der Waals surface area contributed by atoms with Crippen molar-refractivity contribution in [3.8, 4) is 6.07 Å². The van der Waals surface area contributed by atoms with Crippen LogP contribution in [0.1, 0.15) is 17.2 Å². The van der Waals surface area contributed by atoms with Gasteiger partial charge in [0.05, 0.1) is 17.7 Å². The zero-order valence-corrected chi connectivity index (χ0v) is 6.57. The molecule has 0 radical (unpaired) electrons. The summed E-state index contributed by atoms with van der Waals surface area (Å²) < 4.78 is 0. The minimum atomic E-state index is -0.668. The van der Waals surface area contributed by atoms with E-state index in [1.807, 2.05) is 6.07 Å². The summed E-state index contributed by atoms with van der Waals surface area (Å²) >= 11 is 0. The summed E-state index contributed by atoms with van der Waals surface area (Å²) in [4.78, 5) is 0. The second kappa shape index (κ2) is 3.86. The second-order valence-corrected chi connectivity index (χ2v) is 2.49. The summed E-state index contributed by atoms with van der Waals surface area (Å²) in [6.45, 7) is 0.175. The number of nitrogens with two attached hydrogens (primary N) is 1. The van der Waals surface area contributed by atoms with Crippen LogP contribution in [0.4, 0.5) is 0 Å². The van der Waals surface area contributed by atoms with Crippen LogP contribution in [0, 0.1) is 11.3 Å². The van der Waals surface area contributed by atoms with Gasteiger partial charge < -0.3 is 10.8 Å². The van der Waals surface area contributed by atoms with Crippen molar-refractivity contribution in [1.82, 2.24) is 0 Å². The van der Waals surface area contributed by atoms with Gasteiger partial charge in [-0.3, -0.25) is 0 Å². The molecule has 0 amide bonds. The Morgan fingerprint density at radius 1 is 1.58 bits per heavy atom.